The molecule has 7 nitrogen and oxygen atoms in total. The van der Waals surface area contributed by atoms with Gasteiger partial charge in [0.2, 0.25) is 11.8 Å². The Morgan fingerprint density at radius 3 is 2.21 bits per heavy atom. The van der Waals surface area contributed by atoms with Crippen molar-refractivity contribution in [2.75, 3.05) is 29.2 Å². The Bertz CT molecular complexity index is 720. The maximum absolute atomic E-state index is 11.9. The Morgan fingerprint density at radius 1 is 1.04 bits per heavy atom. The molecule has 0 unspecified atom stereocenters. The van der Waals surface area contributed by atoms with Crippen LogP contribution in [0, 0.1) is 0 Å². The Morgan fingerprint density at radius 2 is 1.67 bits per heavy atom. The summed E-state index contributed by atoms with van der Waals surface area (Å²) in [6.07, 6.45) is 3.06. The van der Waals surface area contributed by atoms with Crippen LogP contribution >= 0.6 is 0 Å². The van der Waals surface area contributed by atoms with Crippen molar-refractivity contribution in [2.45, 2.75) is 0 Å². The van der Waals surface area contributed by atoms with E-state index in [1.807, 2.05) is 0 Å². The number of nitrogens with zero attached hydrogens (tertiary/aromatic N) is 1. The van der Waals surface area contributed by atoms with E-state index in [4.69, 9.17) is 4.74 Å². The lowest BCUT2D eigenvalue weighted by Gasteiger charge is -2.07. The Kier molecular flexibility index (Phi) is 6.44. The summed E-state index contributed by atoms with van der Waals surface area (Å²) in [6.45, 7) is 0. The summed E-state index contributed by atoms with van der Waals surface area (Å²) in [5.74, 6) is -0.702. The number of pyridine rings is 1. The zero-order chi connectivity index (χ0) is 17.4. The molecule has 0 saturated heterocycles. The number of nitrogens with one attached hydrogen (secondary N) is 2. The van der Waals surface area contributed by atoms with Crippen LogP contribution in [-0.2, 0) is 20.4 Å². The van der Waals surface area contributed by atoms with E-state index < -0.39 is 22.6 Å². The summed E-state index contributed by atoms with van der Waals surface area (Å²) in [5.41, 5.74) is 1.08. The molecule has 24 heavy (non-hydrogen) atoms. The predicted octanol–water partition coefficient (Wildman–Crippen LogP) is 1.42. The second-order valence-electron chi connectivity index (χ2n) is 4.80. The lowest BCUT2D eigenvalue weighted by atomic mass is 10.3. The summed E-state index contributed by atoms with van der Waals surface area (Å²) in [5, 5.41) is 5.19. The summed E-state index contributed by atoms with van der Waals surface area (Å²) >= 11 is 0. The average Bonchev–Trinajstić information content (AvgIpc) is 2.56. The van der Waals surface area contributed by atoms with Gasteiger partial charge in [0.05, 0.1) is 19.0 Å². The van der Waals surface area contributed by atoms with Crippen molar-refractivity contribution < 1.29 is 18.5 Å². The number of ether oxygens (including phenoxy) is 1. The number of amides is 2. The first-order chi connectivity index (χ1) is 11.6. The largest absolute Gasteiger partial charge is 0.497 e. The zero-order valence-corrected chi connectivity index (χ0v) is 13.8. The van der Waals surface area contributed by atoms with Crippen molar-refractivity contribution in [3.05, 3.63) is 48.8 Å². The quantitative estimate of drug-likeness (QED) is 0.789. The summed E-state index contributed by atoms with van der Waals surface area (Å²) in [7, 11) is -0.0538. The standard InChI is InChI=1S/C16H17N3O4S/c1-23-14-6-4-12(5-7-14)18-15(20)10-24(22)11-16(21)19-13-3-2-8-17-9-13/h2-9H,10-11H2,1H3,(H,18,20)(H,19,21)/t24-/m0/s1. The molecule has 0 bridgehead atoms. The normalized spacial score (nSPS) is 11.4. The van der Waals surface area contributed by atoms with Crippen molar-refractivity contribution in [1.29, 1.82) is 0 Å². The molecule has 126 valence electrons. The third-order valence-electron chi connectivity index (χ3n) is 2.90. The number of rotatable bonds is 7. The van der Waals surface area contributed by atoms with Crippen LogP contribution in [0.5, 0.6) is 5.75 Å². The van der Waals surface area contributed by atoms with Gasteiger partial charge in [-0.3, -0.25) is 18.8 Å². The van der Waals surface area contributed by atoms with Crippen LogP contribution < -0.4 is 15.4 Å². The fourth-order valence-corrected chi connectivity index (χ4v) is 2.68. The van der Waals surface area contributed by atoms with Gasteiger partial charge in [-0.1, -0.05) is 0 Å². The molecule has 2 aromatic rings. The van der Waals surface area contributed by atoms with Crippen molar-refractivity contribution >= 4 is 34.0 Å². The van der Waals surface area contributed by atoms with Crippen LogP contribution in [0.25, 0.3) is 0 Å². The van der Waals surface area contributed by atoms with Gasteiger partial charge in [-0.25, -0.2) is 0 Å². The molecule has 0 aliphatic heterocycles. The molecular formula is C16H17N3O4S. The van der Waals surface area contributed by atoms with E-state index in [0.717, 1.165) is 0 Å². The van der Waals surface area contributed by atoms with Crippen molar-refractivity contribution in [3.8, 4) is 5.75 Å². The molecule has 8 heteroatoms. The highest BCUT2D eigenvalue weighted by molar-refractivity contribution is 7.86. The SMILES string of the molecule is COc1ccc(NC(=O)C[S@](=O)CC(=O)Nc2cccnc2)cc1. The van der Waals surface area contributed by atoms with Crippen LogP contribution in [0.3, 0.4) is 0 Å². The molecular weight excluding hydrogens is 330 g/mol. The van der Waals surface area contributed by atoms with Gasteiger partial charge in [-0.05, 0) is 36.4 Å². The van der Waals surface area contributed by atoms with Crippen LogP contribution in [-0.4, -0.2) is 39.6 Å². The lowest BCUT2D eigenvalue weighted by Crippen LogP contribution is -2.26. The highest BCUT2D eigenvalue weighted by atomic mass is 32.2. The second-order valence-corrected chi connectivity index (χ2v) is 6.25. The maximum Gasteiger partial charge on any atom is 0.237 e. The Hall–Kier alpha value is -2.74. The van der Waals surface area contributed by atoms with Gasteiger partial charge in [-0.15, -0.1) is 0 Å². The topological polar surface area (TPSA) is 97.4 Å². The van der Waals surface area contributed by atoms with E-state index in [0.29, 0.717) is 17.1 Å². The number of aromatic nitrogens is 1. The number of hydrogen-bond acceptors (Lipinski definition) is 5. The van der Waals surface area contributed by atoms with Crippen LogP contribution in [0.1, 0.15) is 0 Å². The second kappa shape index (κ2) is 8.78. The minimum Gasteiger partial charge on any atom is -0.497 e. The van der Waals surface area contributed by atoms with Crippen molar-refractivity contribution in [3.63, 3.8) is 0 Å². The van der Waals surface area contributed by atoms with Gasteiger partial charge < -0.3 is 15.4 Å². The maximum atomic E-state index is 11.9. The number of anilines is 2. The van der Waals surface area contributed by atoms with Gasteiger partial charge >= 0.3 is 0 Å². The van der Waals surface area contributed by atoms with Gasteiger partial charge in [0.1, 0.15) is 17.3 Å². The fraction of sp³-hybridized carbons (Fsp3) is 0.188. The molecule has 0 radical (unpaired) electrons. The molecule has 1 atom stereocenters. The van der Waals surface area contributed by atoms with Gasteiger partial charge in [0.15, 0.2) is 0 Å². The van der Waals surface area contributed by atoms with E-state index >= 15 is 0 Å². The molecule has 1 aromatic carbocycles. The summed E-state index contributed by atoms with van der Waals surface area (Å²) in [4.78, 5) is 27.5. The first-order valence-corrected chi connectivity index (χ1v) is 8.54. The summed E-state index contributed by atoms with van der Waals surface area (Å²) in [6, 6.07) is 10.1. The Labute approximate surface area is 141 Å². The highest BCUT2D eigenvalue weighted by Gasteiger charge is 2.13. The molecule has 0 aliphatic carbocycles. The summed E-state index contributed by atoms with van der Waals surface area (Å²) < 4.78 is 16.9. The van der Waals surface area contributed by atoms with E-state index in [1.165, 1.54) is 6.20 Å². The van der Waals surface area contributed by atoms with Gasteiger partial charge in [-0.2, -0.15) is 0 Å². The third kappa shape index (κ3) is 5.81. The van der Waals surface area contributed by atoms with E-state index in [2.05, 4.69) is 15.6 Å². The lowest BCUT2D eigenvalue weighted by molar-refractivity contribution is -0.114. The fourth-order valence-electron chi connectivity index (χ4n) is 1.85. The molecule has 0 saturated carbocycles. The molecule has 2 N–H and O–H groups in total. The predicted molar refractivity (Wildman–Crippen MR) is 92.4 cm³/mol. The van der Waals surface area contributed by atoms with Crippen LogP contribution in [0.2, 0.25) is 0 Å². The Balaban J connectivity index is 1.78. The van der Waals surface area contributed by atoms with Gasteiger partial charge in [0, 0.05) is 22.7 Å². The van der Waals surface area contributed by atoms with E-state index in [9.17, 15) is 13.8 Å². The molecule has 1 aromatic heterocycles. The van der Waals surface area contributed by atoms with Crippen molar-refractivity contribution in [2.24, 2.45) is 0 Å². The first kappa shape index (κ1) is 17.6. The smallest absolute Gasteiger partial charge is 0.237 e. The minimum absolute atomic E-state index is 0.257. The van der Waals surface area contributed by atoms with Crippen LogP contribution in [0.4, 0.5) is 11.4 Å². The average molecular weight is 347 g/mol. The van der Waals surface area contributed by atoms with Crippen LogP contribution in [0.15, 0.2) is 48.8 Å². The van der Waals surface area contributed by atoms with E-state index in [1.54, 1.807) is 49.7 Å². The molecule has 2 rings (SSSR count). The number of carbonyl (C=O) groups excluding carboxylic acids is 2. The molecule has 1 heterocycles. The number of hydrogen-bond donors (Lipinski definition) is 2. The monoisotopic (exact) mass is 347 g/mol. The molecule has 2 amide bonds. The van der Waals surface area contributed by atoms with Crippen molar-refractivity contribution in [1.82, 2.24) is 4.98 Å². The number of carbonyl (C=O) groups is 2. The van der Waals surface area contributed by atoms with Gasteiger partial charge in [0.25, 0.3) is 0 Å². The zero-order valence-electron chi connectivity index (χ0n) is 13.0. The third-order valence-corrected chi connectivity index (χ3v) is 4.07. The highest BCUT2D eigenvalue weighted by Crippen LogP contribution is 2.14. The number of methoxy groups -OCH3 is 1. The first-order valence-electron chi connectivity index (χ1n) is 7.05. The number of benzene rings is 1. The molecule has 0 spiro atoms. The molecule has 0 fully saturated rings. The van der Waals surface area contributed by atoms with E-state index in [-0.39, 0.29) is 11.5 Å². The minimum atomic E-state index is -1.60. The molecule has 0 aliphatic rings.